The van der Waals surface area contributed by atoms with Gasteiger partial charge in [-0.25, -0.2) is 8.42 Å². The van der Waals surface area contributed by atoms with E-state index in [1.165, 1.54) is 4.31 Å². The number of hydrogen-bond acceptors (Lipinski definition) is 4. The van der Waals surface area contributed by atoms with Gasteiger partial charge in [-0.05, 0) is 18.6 Å². The van der Waals surface area contributed by atoms with E-state index >= 15 is 0 Å². The van der Waals surface area contributed by atoms with E-state index < -0.39 is 10.0 Å². The molecule has 2 heterocycles. The van der Waals surface area contributed by atoms with Crippen molar-refractivity contribution in [2.75, 3.05) is 31.9 Å². The highest BCUT2D eigenvalue weighted by atomic mass is 32.2. The Hall–Kier alpha value is -1.47. The average molecular weight is 297 g/mol. The molecule has 1 amide bonds. The molecule has 1 saturated heterocycles. The maximum Gasteiger partial charge on any atom is 0.254 e. The highest BCUT2D eigenvalue weighted by molar-refractivity contribution is 7.89. The van der Waals surface area contributed by atoms with Crippen LogP contribution in [-0.2, 0) is 10.0 Å². The second-order valence-corrected chi connectivity index (χ2v) is 6.83. The van der Waals surface area contributed by atoms with Crippen LogP contribution in [0.2, 0.25) is 0 Å². The van der Waals surface area contributed by atoms with Crippen LogP contribution in [0, 0.1) is 0 Å². The van der Waals surface area contributed by atoms with E-state index in [2.05, 4.69) is 4.98 Å². The second-order valence-electron chi connectivity index (χ2n) is 4.74. The fraction of sp³-hybridized carbons (Fsp3) is 0.538. The molecule has 0 atom stereocenters. The number of nitrogens with zero attached hydrogens (tertiary/aromatic N) is 3. The number of piperazine rings is 1. The Morgan fingerprint density at radius 2 is 1.80 bits per heavy atom. The van der Waals surface area contributed by atoms with Crippen molar-refractivity contribution in [2.24, 2.45) is 0 Å². The molecule has 20 heavy (non-hydrogen) atoms. The molecule has 1 aromatic rings. The van der Waals surface area contributed by atoms with Gasteiger partial charge >= 0.3 is 0 Å². The summed E-state index contributed by atoms with van der Waals surface area (Å²) in [7, 11) is -3.16. The summed E-state index contributed by atoms with van der Waals surface area (Å²) in [6, 6.07) is 3.34. The van der Waals surface area contributed by atoms with Crippen LogP contribution in [0.3, 0.4) is 0 Å². The average Bonchev–Trinajstić information content (AvgIpc) is 2.47. The first-order chi connectivity index (χ1) is 9.54. The molecule has 0 unspecified atom stereocenters. The lowest BCUT2D eigenvalue weighted by atomic mass is 10.2. The number of carbonyl (C=O) groups is 1. The summed E-state index contributed by atoms with van der Waals surface area (Å²) in [4.78, 5) is 17.8. The fourth-order valence-electron chi connectivity index (χ4n) is 2.23. The quantitative estimate of drug-likeness (QED) is 0.815. The Labute approximate surface area is 119 Å². The van der Waals surface area contributed by atoms with Crippen molar-refractivity contribution >= 4 is 15.9 Å². The monoisotopic (exact) mass is 297 g/mol. The van der Waals surface area contributed by atoms with Gasteiger partial charge in [0.2, 0.25) is 10.0 Å². The largest absolute Gasteiger partial charge is 0.336 e. The maximum absolute atomic E-state index is 12.2. The zero-order chi connectivity index (χ0) is 14.6. The third kappa shape index (κ3) is 3.34. The van der Waals surface area contributed by atoms with Crippen molar-refractivity contribution in [3.8, 4) is 0 Å². The molecule has 1 aromatic heterocycles. The van der Waals surface area contributed by atoms with Crippen LogP contribution >= 0.6 is 0 Å². The number of rotatable bonds is 4. The third-order valence-electron chi connectivity index (χ3n) is 3.31. The fourth-order valence-corrected chi connectivity index (χ4v) is 3.73. The minimum Gasteiger partial charge on any atom is -0.336 e. The highest BCUT2D eigenvalue weighted by Crippen LogP contribution is 2.12. The molecular weight excluding hydrogens is 278 g/mol. The lowest BCUT2D eigenvalue weighted by Gasteiger charge is -2.34. The van der Waals surface area contributed by atoms with Crippen molar-refractivity contribution in [1.82, 2.24) is 14.2 Å². The van der Waals surface area contributed by atoms with Gasteiger partial charge in [0.25, 0.3) is 5.91 Å². The normalized spacial score (nSPS) is 17.1. The van der Waals surface area contributed by atoms with Crippen LogP contribution in [-0.4, -0.2) is 60.4 Å². The first-order valence-corrected chi connectivity index (χ1v) is 8.32. The van der Waals surface area contributed by atoms with Gasteiger partial charge in [0, 0.05) is 44.1 Å². The molecule has 0 aromatic carbocycles. The number of amides is 1. The molecule has 0 N–H and O–H groups in total. The number of hydrogen-bond donors (Lipinski definition) is 0. The molecule has 1 fully saturated rings. The summed E-state index contributed by atoms with van der Waals surface area (Å²) in [6.45, 7) is 3.47. The van der Waals surface area contributed by atoms with Crippen molar-refractivity contribution in [3.05, 3.63) is 30.1 Å². The number of aromatic nitrogens is 1. The van der Waals surface area contributed by atoms with Gasteiger partial charge < -0.3 is 4.90 Å². The molecule has 7 heteroatoms. The highest BCUT2D eigenvalue weighted by Gasteiger charge is 2.28. The minimum absolute atomic E-state index is 0.0695. The van der Waals surface area contributed by atoms with E-state index in [4.69, 9.17) is 0 Å². The number of pyridine rings is 1. The topological polar surface area (TPSA) is 70.6 Å². The van der Waals surface area contributed by atoms with Gasteiger partial charge in [0.15, 0.2) is 0 Å². The van der Waals surface area contributed by atoms with Gasteiger partial charge in [-0.2, -0.15) is 4.31 Å². The molecule has 2 rings (SSSR count). The van der Waals surface area contributed by atoms with Gasteiger partial charge in [0.05, 0.1) is 5.75 Å². The van der Waals surface area contributed by atoms with Crippen molar-refractivity contribution in [3.63, 3.8) is 0 Å². The molecule has 110 valence electrons. The molecular formula is C13H19N3O3S. The predicted octanol–water partition coefficient (Wildman–Crippen LogP) is 0.579. The van der Waals surface area contributed by atoms with Gasteiger partial charge in [-0.15, -0.1) is 0 Å². The van der Waals surface area contributed by atoms with Crippen LogP contribution in [0.5, 0.6) is 0 Å². The summed E-state index contributed by atoms with van der Waals surface area (Å²) in [5.41, 5.74) is 0.588. The van der Waals surface area contributed by atoms with Gasteiger partial charge in [-0.1, -0.05) is 6.92 Å². The lowest BCUT2D eigenvalue weighted by Crippen LogP contribution is -2.51. The maximum atomic E-state index is 12.2. The van der Waals surface area contributed by atoms with E-state index in [1.807, 2.05) is 6.92 Å². The van der Waals surface area contributed by atoms with E-state index in [0.717, 1.165) is 0 Å². The molecule has 1 aliphatic heterocycles. The van der Waals surface area contributed by atoms with Crippen LogP contribution in [0.1, 0.15) is 23.7 Å². The second kappa shape index (κ2) is 6.32. The Morgan fingerprint density at radius 3 is 2.35 bits per heavy atom. The Morgan fingerprint density at radius 1 is 1.20 bits per heavy atom. The SMILES string of the molecule is CCCS(=O)(=O)N1CCN(C(=O)c2ccncc2)CC1. The third-order valence-corrected chi connectivity index (χ3v) is 5.38. The van der Waals surface area contributed by atoms with E-state index in [0.29, 0.717) is 38.2 Å². The smallest absolute Gasteiger partial charge is 0.254 e. The standard InChI is InChI=1S/C13H19N3O3S/c1-2-11-20(18,19)16-9-7-15(8-10-16)13(17)12-3-5-14-6-4-12/h3-6H,2,7-11H2,1H3. The number of carbonyl (C=O) groups excluding carboxylic acids is 1. The first-order valence-electron chi connectivity index (χ1n) is 6.71. The summed E-state index contributed by atoms with van der Waals surface area (Å²) < 4.78 is 25.4. The molecule has 6 nitrogen and oxygen atoms in total. The molecule has 0 aliphatic carbocycles. The Kier molecular flexibility index (Phi) is 4.72. The zero-order valence-electron chi connectivity index (χ0n) is 11.5. The van der Waals surface area contributed by atoms with E-state index in [9.17, 15) is 13.2 Å². The van der Waals surface area contributed by atoms with Crippen molar-refractivity contribution in [1.29, 1.82) is 0 Å². The first kappa shape index (κ1) is 14.9. The number of sulfonamides is 1. The predicted molar refractivity (Wildman–Crippen MR) is 75.8 cm³/mol. The van der Waals surface area contributed by atoms with Crippen LogP contribution in [0.4, 0.5) is 0 Å². The zero-order valence-corrected chi connectivity index (χ0v) is 12.3. The molecule has 0 bridgehead atoms. The van der Waals surface area contributed by atoms with E-state index in [1.54, 1.807) is 29.4 Å². The lowest BCUT2D eigenvalue weighted by molar-refractivity contribution is 0.0698. The Bertz CT molecular complexity index is 551. The summed E-state index contributed by atoms with van der Waals surface area (Å²) >= 11 is 0. The summed E-state index contributed by atoms with van der Waals surface area (Å²) in [5, 5.41) is 0. The molecule has 0 saturated carbocycles. The van der Waals surface area contributed by atoms with Crippen LogP contribution in [0.25, 0.3) is 0 Å². The summed E-state index contributed by atoms with van der Waals surface area (Å²) in [5.74, 6) is 0.102. The Balaban J connectivity index is 1.97. The molecule has 0 radical (unpaired) electrons. The van der Waals surface area contributed by atoms with Gasteiger partial charge in [0.1, 0.15) is 0 Å². The van der Waals surface area contributed by atoms with Crippen LogP contribution in [0.15, 0.2) is 24.5 Å². The minimum atomic E-state index is -3.16. The summed E-state index contributed by atoms with van der Waals surface area (Å²) in [6.07, 6.45) is 3.77. The molecule has 1 aliphatic rings. The molecule has 0 spiro atoms. The van der Waals surface area contributed by atoms with E-state index in [-0.39, 0.29) is 11.7 Å². The van der Waals surface area contributed by atoms with Crippen molar-refractivity contribution < 1.29 is 13.2 Å². The van der Waals surface area contributed by atoms with Crippen molar-refractivity contribution in [2.45, 2.75) is 13.3 Å². The van der Waals surface area contributed by atoms with Gasteiger partial charge in [-0.3, -0.25) is 9.78 Å². The van der Waals surface area contributed by atoms with Crippen LogP contribution < -0.4 is 0 Å².